The second kappa shape index (κ2) is 7.84. The van der Waals surface area contributed by atoms with Gasteiger partial charge in [-0.1, -0.05) is 31.2 Å². The van der Waals surface area contributed by atoms with Crippen molar-refractivity contribution >= 4 is 11.7 Å². The number of urea groups is 1. The van der Waals surface area contributed by atoms with E-state index >= 15 is 0 Å². The summed E-state index contributed by atoms with van der Waals surface area (Å²) in [5.74, 6) is 0.809. The van der Waals surface area contributed by atoms with Crippen LogP contribution in [0.25, 0.3) is 0 Å². The van der Waals surface area contributed by atoms with Gasteiger partial charge >= 0.3 is 6.03 Å². The number of nitrogens with zero attached hydrogens (tertiary/aromatic N) is 1. The van der Waals surface area contributed by atoms with Crippen molar-refractivity contribution < 1.29 is 14.7 Å². The SMILES string of the molecule is CCc1cc(C)c(OCc2ccccc2N(O)C(=O)NC)cc1C. The van der Waals surface area contributed by atoms with E-state index in [2.05, 4.69) is 25.2 Å². The minimum Gasteiger partial charge on any atom is -0.489 e. The third kappa shape index (κ3) is 3.86. The zero-order valence-corrected chi connectivity index (χ0v) is 14.6. The van der Waals surface area contributed by atoms with Crippen LogP contribution < -0.4 is 15.1 Å². The molecule has 5 nitrogen and oxygen atoms in total. The first-order chi connectivity index (χ1) is 11.5. The smallest absolute Gasteiger partial charge is 0.345 e. The van der Waals surface area contributed by atoms with E-state index < -0.39 is 6.03 Å². The quantitative estimate of drug-likeness (QED) is 0.644. The largest absolute Gasteiger partial charge is 0.489 e. The normalized spacial score (nSPS) is 10.4. The highest BCUT2D eigenvalue weighted by Crippen LogP contribution is 2.26. The highest BCUT2D eigenvalue weighted by molar-refractivity contribution is 5.90. The number of hydroxylamine groups is 1. The maximum Gasteiger partial charge on any atom is 0.345 e. The van der Waals surface area contributed by atoms with Crippen LogP contribution in [-0.4, -0.2) is 18.3 Å². The Hall–Kier alpha value is -2.53. The van der Waals surface area contributed by atoms with Crippen molar-refractivity contribution in [3.05, 3.63) is 58.7 Å². The van der Waals surface area contributed by atoms with Crippen molar-refractivity contribution in [3.8, 4) is 5.75 Å². The molecule has 2 N–H and O–H groups in total. The maximum atomic E-state index is 11.6. The number of para-hydroxylation sites is 1. The standard InChI is InChI=1S/C19H24N2O3/c1-5-15-10-14(3)18(11-13(15)2)24-12-16-8-6-7-9-17(16)21(23)19(22)20-4/h6-11,23H,5,12H2,1-4H3,(H,20,22). The van der Waals surface area contributed by atoms with Crippen molar-refractivity contribution in [2.75, 3.05) is 12.1 Å². The average molecular weight is 328 g/mol. The number of benzene rings is 2. The van der Waals surface area contributed by atoms with E-state index in [1.165, 1.54) is 18.2 Å². The number of anilines is 1. The van der Waals surface area contributed by atoms with Gasteiger partial charge in [-0.25, -0.2) is 4.79 Å². The third-order valence-corrected chi connectivity index (χ3v) is 4.02. The van der Waals surface area contributed by atoms with Gasteiger partial charge in [-0.05, 0) is 49.1 Å². The van der Waals surface area contributed by atoms with E-state index in [0.717, 1.165) is 23.3 Å². The molecular formula is C19H24N2O3. The monoisotopic (exact) mass is 328 g/mol. The number of hydrogen-bond acceptors (Lipinski definition) is 3. The number of nitrogens with one attached hydrogen (secondary N) is 1. The van der Waals surface area contributed by atoms with E-state index in [-0.39, 0.29) is 6.61 Å². The molecule has 0 aliphatic heterocycles. The molecule has 2 aromatic rings. The van der Waals surface area contributed by atoms with Gasteiger partial charge in [0.1, 0.15) is 12.4 Å². The highest BCUT2D eigenvalue weighted by Gasteiger charge is 2.15. The molecule has 0 spiro atoms. The van der Waals surface area contributed by atoms with Gasteiger partial charge in [-0.3, -0.25) is 5.21 Å². The topological polar surface area (TPSA) is 61.8 Å². The predicted octanol–water partition coefficient (Wildman–Crippen LogP) is 3.98. The molecule has 5 heteroatoms. The van der Waals surface area contributed by atoms with Gasteiger partial charge in [-0.15, -0.1) is 0 Å². The Morgan fingerprint density at radius 3 is 2.54 bits per heavy atom. The van der Waals surface area contributed by atoms with Crippen LogP contribution in [-0.2, 0) is 13.0 Å². The molecule has 2 amide bonds. The minimum atomic E-state index is -0.596. The fourth-order valence-corrected chi connectivity index (χ4v) is 2.60. The molecule has 2 aromatic carbocycles. The first-order valence-corrected chi connectivity index (χ1v) is 7.99. The lowest BCUT2D eigenvalue weighted by molar-refractivity contribution is 0.205. The second-order valence-electron chi connectivity index (χ2n) is 5.68. The van der Waals surface area contributed by atoms with E-state index in [4.69, 9.17) is 4.74 Å². The fourth-order valence-electron chi connectivity index (χ4n) is 2.60. The average Bonchev–Trinajstić information content (AvgIpc) is 2.60. The Bertz CT molecular complexity index is 729. The predicted molar refractivity (Wildman–Crippen MR) is 94.8 cm³/mol. The molecular weight excluding hydrogens is 304 g/mol. The molecule has 0 unspecified atom stereocenters. The number of rotatable bonds is 5. The number of hydrogen-bond donors (Lipinski definition) is 2. The summed E-state index contributed by atoms with van der Waals surface area (Å²) in [5.41, 5.74) is 4.70. The highest BCUT2D eigenvalue weighted by atomic mass is 16.5. The molecule has 0 aliphatic carbocycles. The Balaban J connectivity index is 2.21. The van der Waals surface area contributed by atoms with Gasteiger partial charge in [-0.2, -0.15) is 5.06 Å². The summed E-state index contributed by atoms with van der Waals surface area (Å²) in [6.07, 6.45) is 0.987. The van der Waals surface area contributed by atoms with Crippen LogP contribution >= 0.6 is 0 Å². The summed E-state index contributed by atoms with van der Waals surface area (Å²) in [6.45, 7) is 6.48. The molecule has 0 bridgehead atoms. The summed E-state index contributed by atoms with van der Waals surface area (Å²) < 4.78 is 5.94. The number of carbonyl (C=O) groups is 1. The summed E-state index contributed by atoms with van der Waals surface area (Å²) in [4.78, 5) is 11.6. The van der Waals surface area contributed by atoms with Gasteiger partial charge in [0.05, 0.1) is 5.69 Å². The summed E-state index contributed by atoms with van der Waals surface area (Å²) >= 11 is 0. The van der Waals surface area contributed by atoms with Crippen LogP contribution in [0.1, 0.15) is 29.2 Å². The molecule has 2 rings (SSSR count). The first-order valence-electron chi connectivity index (χ1n) is 7.99. The third-order valence-electron chi connectivity index (χ3n) is 4.02. The van der Waals surface area contributed by atoms with E-state index in [9.17, 15) is 10.0 Å². The number of carbonyl (C=O) groups excluding carboxylic acids is 1. The molecule has 24 heavy (non-hydrogen) atoms. The van der Waals surface area contributed by atoms with Crippen molar-refractivity contribution in [3.63, 3.8) is 0 Å². The van der Waals surface area contributed by atoms with Crippen molar-refractivity contribution in [2.45, 2.75) is 33.8 Å². The summed E-state index contributed by atoms with van der Waals surface area (Å²) in [5, 5.41) is 13.0. The molecule has 0 aromatic heterocycles. The van der Waals surface area contributed by atoms with Gasteiger partial charge in [0.15, 0.2) is 0 Å². The molecule has 0 aliphatic rings. The minimum absolute atomic E-state index is 0.260. The lowest BCUT2D eigenvalue weighted by Crippen LogP contribution is -2.36. The molecule has 0 saturated heterocycles. The Labute approximate surface area is 142 Å². The molecule has 128 valence electrons. The lowest BCUT2D eigenvalue weighted by atomic mass is 10.0. The molecule has 0 saturated carbocycles. The van der Waals surface area contributed by atoms with Crippen LogP contribution in [0.2, 0.25) is 0 Å². The Morgan fingerprint density at radius 1 is 1.17 bits per heavy atom. The molecule has 0 fully saturated rings. The second-order valence-corrected chi connectivity index (χ2v) is 5.68. The fraction of sp³-hybridized carbons (Fsp3) is 0.316. The van der Waals surface area contributed by atoms with Crippen molar-refractivity contribution in [1.82, 2.24) is 5.32 Å². The van der Waals surface area contributed by atoms with Gasteiger partial charge in [0, 0.05) is 12.6 Å². The molecule has 0 radical (unpaired) electrons. The first kappa shape index (κ1) is 17.8. The van der Waals surface area contributed by atoms with Crippen LogP contribution in [0.4, 0.5) is 10.5 Å². The molecule has 0 heterocycles. The summed E-state index contributed by atoms with van der Waals surface area (Å²) in [7, 11) is 1.46. The van der Waals surface area contributed by atoms with Crippen molar-refractivity contribution in [1.29, 1.82) is 0 Å². The Kier molecular flexibility index (Phi) is 5.82. The van der Waals surface area contributed by atoms with Crippen molar-refractivity contribution in [2.24, 2.45) is 0 Å². The zero-order chi connectivity index (χ0) is 17.7. The number of ether oxygens (including phenoxy) is 1. The molecule has 0 atom stereocenters. The van der Waals surface area contributed by atoms with Crippen LogP contribution in [0.15, 0.2) is 36.4 Å². The number of amides is 2. The zero-order valence-electron chi connectivity index (χ0n) is 14.6. The van der Waals surface area contributed by atoms with Crippen LogP contribution in [0.5, 0.6) is 5.75 Å². The Morgan fingerprint density at radius 2 is 1.88 bits per heavy atom. The van der Waals surface area contributed by atoms with Gasteiger partial charge in [0.2, 0.25) is 0 Å². The lowest BCUT2D eigenvalue weighted by Gasteiger charge is -2.19. The number of aryl methyl sites for hydroxylation is 3. The van der Waals surface area contributed by atoms with Gasteiger partial charge < -0.3 is 10.1 Å². The summed E-state index contributed by atoms with van der Waals surface area (Å²) in [6, 6.07) is 10.7. The van der Waals surface area contributed by atoms with Crippen LogP contribution in [0.3, 0.4) is 0 Å². The maximum absolute atomic E-state index is 11.6. The van der Waals surface area contributed by atoms with E-state index in [1.54, 1.807) is 12.1 Å². The van der Waals surface area contributed by atoms with Crippen LogP contribution in [0, 0.1) is 13.8 Å². The van der Waals surface area contributed by atoms with Gasteiger partial charge in [0.25, 0.3) is 0 Å². The van der Waals surface area contributed by atoms with E-state index in [1.807, 2.05) is 25.1 Å². The van der Waals surface area contributed by atoms with E-state index in [0.29, 0.717) is 10.8 Å².